The fraction of sp³-hybridized carbons (Fsp3) is 0.588. The second-order valence-electron chi connectivity index (χ2n) is 6.29. The average Bonchev–Trinajstić information content (AvgIpc) is 3.27. The monoisotopic (exact) mass is 287 g/mol. The van der Waals surface area contributed by atoms with Gasteiger partial charge < -0.3 is 15.5 Å². The van der Waals surface area contributed by atoms with Crippen molar-refractivity contribution in [3.8, 4) is 0 Å². The second-order valence-corrected chi connectivity index (χ2v) is 6.29. The van der Waals surface area contributed by atoms with Gasteiger partial charge in [0.05, 0.1) is 0 Å². The van der Waals surface area contributed by atoms with E-state index in [1.54, 1.807) is 7.05 Å². The lowest BCUT2D eigenvalue weighted by atomic mass is 10.1. The van der Waals surface area contributed by atoms with Crippen LogP contribution in [0.1, 0.15) is 35.2 Å². The van der Waals surface area contributed by atoms with Gasteiger partial charge in [-0.15, -0.1) is 0 Å². The summed E-state index contributed by atoms with van der Waals surface area (Å²) in [5.41, 5.74) is 1.96. The second kappa shape index (κ2) is 6.58. The number of likely N-dealkylation sites (tertiary alicyclic amines) is 1. The number of amides is 1. The summed E-state index contributed by atoms with van der Waals surface area (Å²) >= 11 is 0. The van der Waals surface area contributed by atoms with Gasteiger partial charge in [0.25, 0.3) is 5.91 Å². The number of carbonyl (C=O) groups is 1. The Morgan fingerprint density at radius 3 is 2.67 bits per heavy atom. The maximum absolute atomic E-state index is 11.5. The predicted octanol–water partition coefficient (Wildman–Crippen LogP) is 1.62. The smallest absolute Gasteiger partial charge is 0.251 e. The number of rotatable bonds is 6. The van der Waals surface area contributed by atoms with Gasteiger partial charge in [-0.25, -0.2) is 0 Å². The molecule has 1 atom stereocenters. The first-order valence-corrected chi connectivity index (χ1v) is 8.02. The number of hydrogen-bond donors (Lipinski definition) is 2. The van der Waals surface area contributed by atoms with Gasteiger partial charge in [0, 0.05) is 31.7 Å². The zero-order valence-corrected chi connectivity index (χ0v) is 12.8. The molecule has 4 heteroatoms. The maximum atomic E-state index is 11.5. The van der Waals surface area contributed by atoms with Gasteiger partial charge in [0.1, 0.15) is 0 Å². The lowest BCUT2D eigenvalue weighted by molar-refractivity contribution is 0.0963. The molecular weight excluding hydrogens is 262 g/mol. The number of carbonyl (C=O) groups excluding carboxylic acids is 1. The van der Waals surface area contributed by atoms with E-state index in [1.165, 1.54) is 37.9 Å². The molecule has 0 radical (unpaired) electrons. The molecule has 1 aromatic rings. The third-order valence-electron chi connectivity index (χ3n) is 4.59. The fourth-order valence-electron chi connectivity index (χ4n) is 3.14. The van der Waals surface area contributed by atoms with Crippen molar-refractivity contribution in [2.45, 2.75) is 31.8 Å². The Morgan fingerprint density at radius 2 is 2.00 bits per heavy atom. The number of hydrogen-bond acceptors (Lipinski definition) is 3. The van der Waals surface area contributed by atoms with Crippen LogP contribution < -0.4 is 10.6 Å². The molecular formula is C17H25N3O. The molecule has 2 aliphatic rings. The Kier molecular flexibility index (Phi) is 4.56. The van der Waals surface area contributed by atoms with Crippen molar-refractivity contribution in [3.05, 3.63) is 35.4 Å². The first kappa shape index (κ1) is 14.5. The van der Waals surface area contributed by atoms with Crippen molar-refractivity contribution >= 4 is 5.91 Å². The van der Waals surface area contributed by atoms with Crippen molar-refractivity contribution in [2.24, 2.45) is 5.92 Å². The van der Waals surface area contributed by atoms with Crippen LogP contribution in [0, 0.1) is 5.92 Å². The molecule has 3 rings (SSSR count). The van der Waals surface area contributed by atoms with E-state index >= 15 is 0 Å². The lowest BCUT2D eigenvalue weighted by Gasteiger charge is -2.15. The van der Waals surface area contributed by atoms with Crippen LogP contribution in [0.3, 0.4) is 0 Å². The molecule has 1 amide bonds. The van der Waals surface area contributed by atoms with E-state index in [9.17, 15) is 4.79 Å². The Morgan fingerprint density at radius 1 is 1.24 bits per heavy atom. The van der Waals surface area contributed by atoms with Crippen LogP contribution in [0.15, 0.2) is 24.3 Å². The van der Waals surface area contributed by atoms with Gasteiger partial charge in [0.2, 0.25) is 0 Å². The van der Waals surface area contributed by atoms with Crippen LogP contribution in [0.5, 0.6) is 0 Å². The molecule has 1 unspecified atom stereocenters. The Hall–Kier alpha value is -1.39. The van der Waals surface area contributed by atoms with Crippen LogP contribution in [0.2, 0.25) is 0 Å². The highest BCUT2D eigenvalue weighted by molar-refractivity contribution is 5.93. The number of nitrogens with zero attached hydrogens (tertiary/aromatic N) is 1. The summed E-state index contributed by atoms with van der Waals surface area (Å²) in [5.74, 6) is 0.774. The third-order valence-corrected chi connectivity index (χ3v) is 4.59. The normalized spacial score (nSPS) is 22.4. The van der Waals surface area contributed by atoms with Gasteiger partial charge in [-0.2, -0.15) is 0 Å². The molecule has 0 aromatic heterocycles. The van der Waals surface area contributed by atoms with Gasteiger partial charge in [-0.3, -0.25) is 4.79 Å². The summed E-state index contributed by atoms with van der Waals surface area (Å²) in [6, 6.07) is 8.75. The van der Waals surface area contributed by atoms with Crippen LogP contribution in [-0.2, 0) is 6.54 Å². The molecule has 1 heterocycles. The molecule has 1 saturated heterocycles. The summed E-state index contributed by atoms with van der Waals surface area (Å²) in [6.45, 7) is 4.54. The first-order chi connectivity index (χ1) is 10.3. The van der Waals surface area contributed by atoms with E-state index in [4.69, 9.17) is 0 Å². The van der Waals surface area contributed by atoms with E-state index in [0.29, 0.717) is 0 Å². The summed E-state index contributed by atoms with van der Waals surface area (Å²) < 4.78 is 0. The average molecular weight is 287 g/mol. The first-order valence-electron chi connectivity index (χ1n) is 8.02. The van der Waals surface area contributed by atoms with Crippen molar-refractivity contribution in [2.75, 3.05) is 26.7 Å². The molecule has 1 aliphatic carbocycles. The minimum Gasteiger partial charge on any atom is -0.355 e. The van der Waals surface area contributed by atoms with E-state index < -0.39 is 0 Å². The fourth-order valence-corrected chi connectivity index (χ4v) is 3.14. The SMILES string of the molecule is CNC(=O)c1ccc(CNCC2CCN(C3CC3)C2)cc1. The Balaban J connectivity index is 1.40. The zero-order valence-electron chi connectivity index (χ0n) is 12.8. The molecule has 114 valence electrons. The summed E-state index contributed by atoms with van der Waals surface area (Å²) in [6.07, 6.45) is 4.16. The van der Waals surface area contributed by atoms with E-state index in [1.807, 2.05) is 24.3 Å². The molecule has 0 bridgehead atoms. The maximum Gasteiger partial charge on any atom is 0.251 e. The van der Waals surface area contributed by atoms with Crippen molar-refractivity contribution in [1.82, 2.24) is 15.5 Å². The Bertz CT molecular complexity index is 481. The molecule has 4 nitrogen and oxygen atoms in total. The highest BCUT2D eigenvalue weighted by atomic mass is 16.1. The van der Waals surface area contributed by atoms with E-state index in [0.717, 1.165) is 30.6 Å². The van der Waals surface area contributed by atoms with E-state index in [2.05, 4.69) is 15.5 Å². The molecule has 1 aliphatic heterocycles. The van der Waals surface area contributed by atoms with Crippen molar-refractivity contribution < 1.29 is 4.79 Å². The highest BCUT2D eigenvalue weighted by Gasteiger charge is 2.33. The van der Waals surface area contributed by atoms with Crippen molar-refractivity contribution in [1.29, 1.82) is 0 Å². The molecule has 2 N–H and O–H groups in total. The third kappa shape index (κ3) is 3.83. The molecule has 1 aromatic carbocycles. The van der Waals surface area contributed by atoms with Crippen LogP contribution in [0.4, 0.5) is 0 Å². The van der Waals surface area contributed by atoms with Gasteiger partial charge in [-0.1, -0.05) is 12.1 Å². The Labute approximate surface area is 126 Å². The van der Waals surface area contributed by atoms with Gasteiger partial charge in [-0.05, 0) is 56.0 Å². The number of nitrogens with one attached hydrogen (secondary N) is 2. The standard InChI is InChI=1S/C17H25N3O/c1-18-17(21)15-4-2-13(3-5-15)10-19-11-14-8-9-20(12-14)16-6-7-16/h2-5,14,16,19H,6-12H2,1H3,(H,18,21). The van der Waals surface area contributed by atoms with Crippen LogP contribution in [0.25, 0.3) is 0 Å². The summed E-state index contributed by atoms with van der Waals surface area (Å²) in [7, 11) is 1.66. The topological polar surface area (TPSA) is 44.4 Å². The highest BCUT2D eigenvalue weighted by Crippen LogP contribution is 2.31. The van der Waals surface area contributed by atoms with Crippen molar-refractivity contribution in [3.63, 3.8) is 0 Å². The number of benzene rings is 1. The molecule has 0 spiro atoms. The van der Waals surface area contributed by atoms with E-state index in [-0.39, 0.29) is 5.91 Å². The minimum absolute atomic E-state index is 0.0272. The molecule has 1 saturated carbocycles. The molecule has 2 fully saturated rings. The summed E-state index contributed by atoms with van der Waals surface area (Å²) in [4.78, 5) is 14.1. The zero-order chi connectivity index (χ0) is 14.7. The minimum atomic E-state index is -0.0272. The van der Waals surface area contributed by atoms with Crippen LogP contribution in [-0.4, -0.2) is 43.5 Å². The molecule has 21 heavy (non-hydrogen) atoms. The van der Waals surface area contributed by atoms with Gasteiger partial charge in [0.15, 0.2) is 0 Å². The van der Waals surface area contributed by atoms with Crippen LogP contribution >= 0.6 is 0 Å². The lowest BCUT2D eigenvalue weighted by Crippen LogP contribution is -2.27. The summed E-state index contributed by atoms with van der Waals surface area (Å²) in [5, 5.41) is 6.20. The largest absolute Gasteiger partial charge is 0.355 e. The quantitative estimate of drug-likeness (QED) is 0.835. The van der Waals surface area contributed by atoms with Gasteiger partial charge >= 0.3 is 0 Å². The predicted molar refractivity (Wildman–Crippen MR) is 84.2 cm³/mol.